The monoisotopic (exact) mass is 281 g/mol. The van der Waals surface area contributed by atoms with Crippen LogP contribution in [0, 0.1) is 17.1 Å². The van der Waals surface area contributed by atoms with Crippen LogP contribution in [0.1, 0.15) is 18.1 Å². The molecule has 6 heteroatoms. The second-order valence-electron chi connectivity index (χ2n) is 4.10. The summed E-state index contributed by atoms with van der Waals surface area (Å²) in [4.78, 5) is 11.5. The molecule has 0 spiro atoms. The molecule has 0 heterocycles. The van der Waals surface area contributed by atoms with Gasteiger partial charge in [0.1, 0.15) is 5.82 Å². The molecule has 0 saturated heterocycles. The van der Waals surface area contributed by atoms with E-state index in [1.807, 2.05) is 19.2 Å². The van der Waals surface area contributed by atoms with Crippen LogP contribution in [0.3, 0.4) is 0 Å². The number of nitrogens with zero attached hydrogens (tertiary/aromatic N) is 1. The van der Waals surface area contributed by atoms with Crippen molar-refractivity contribution in [2.45, 2.75) is 19.5 Å². The first kappa shape index (κ1) is 15.3. The number of nitrogens with one attached hydrogen (secondary N) is 2. The van der Waals surface area contributed by atoms with Crippen LogP contribution in [0.4, 0.5) is 9.18 Å². The number of amides is 2. The highest BCUT2D eigenvalue weighted by Gasteiger charge is 2.08. The molecule has 0 aliphatic rings. The van der Waals surface area contributed by atoms with E-state index in [2.05, 4.69) is 10.6 Å². The second kappa shape index (κ2) is 7.64. The van der Waals surface area contributed by atoms with Crippen molar-refractivity contribution in [2.24, 2.45) is 0 Å². The Morgan fingerprint density at radius 3 is 2.95 bits per heavy atom. The molecule has 1 aromatic carbocycles. The molecule has 1 atom stereocenters. The highest BCUT2D eigenvalue weighted by atomic mass is 32.2. The molecular formula is C13H16FN3OS. The fourth-order valence-corrected chi connectivity index (χ4v) is 2.11. The van der Waals surface area contributed by atoms with Crippen molar-refractivity contribution >= 4 is 17.8 Å². The van der Waals surface area contributed by atoms with Crippen molar-refractivity contribution in [3.05, 3.63) is 35.1 Å². The number of rotatable bonds is 5. The van der Waals surface area contributed by atoms with Gasteiger partial charge in [-0.3, -0.25) is 0 Å². The van der Waals surface area contributed by atoms with Crippen LogP contribution in [0.25, 0.3) is 0 Å². The number of urea groups is 1. The average molecular weight is 281 g/mol. The number of benzene rings is 1. The topological polar surface area (TPSA) is 64.9 Å². The number of hydrogen-bond acceptors (Lipinski definition) is 3. The highest BCUT2D eigenvalue weighted by molar-refractivity contribution is 7.98. The van der Waals surface area contributed by atoms with Crippen LogP contribution in [0.15, 0.2) is 18.2 Å². The molecule has 0 aliphatic carbocycles. The molecule has 1 aromatic rings. The molecule has 19 heavy (non-hydrogen) atoms. The van der Waals surface area contributed by atoms with E-state index in [1.165, 1.54) is 18.2 Å². The summed E-state index contributed by atoms with van der Waals surface area (Å²) >= 11 is 1.64. The van der Waals surface area contributed by atoms with Crippen molar-refractivity contribution in [2.75, 3.05) is 12.0 Å². The summed E-state index contributed by atoms with van der Waals surface area (Å²) in [6, 6.07) is 5.70. The lowest BCUT2D eigenvalue weighted by molar-refractivity contribution is 0.238. The lowest BCUT2D eigenvalue weighted by Gasteiger charge is -2.13. The summed E-state index contributed by atoms with van der Waals surface area (Å²) < 4.78 is 13.5. The molecule has 0 unspecified atom stereocenters. The minimum atomic E-state index is -0.434. The third-order valence-electron chi connectivity index (χ3n) is 2.41. The van der Waals surface area contributed by atoms with E-state index >= 15 is 0 Å². The van der Waals surface area contributed by atoms with Crippen LogP contribution < -0.4 is 10.6 Å². The van der Waals surface area contributed by atoms with E-state index in [0.717, 1.165) is 5.75 Å². The molecule has 102 valence electrons. The van der Waals surface area contributed by atoms with Crippen molar-refractivity contribution in [1.82, 2.24) is 10.6 Å². The zero-order chi connectivity index (χ0) is 14.3. The number of carbonyl (C=O) groups is 1. The van der Waals surface area contributed by atoms with Gasteiger partial charge in [-0.15, -0.1) is 0 Å². The zero-order valence-corrected chi connectivity index (χ0v) is 11.7. The average Bonchev–Trinajstić information content (AvgIpc) is 2.38. The lowest BCUT2D eigenvalue weighted by atomic mass is 10.1. The Kier molecular flexibility index (Phi) is 6.16. The SMILES string of the molecule is CSC[C@H](C)NC(=O)NCc1cc(C#N)ccc1F. The van der Waals surface area contributed by atoms with E-state index < -0.39 is 5.82 Å². The fraction of sp³-hybridized carbons (Fsp3) is 0.385. The molecule has 0 radical (unpaired) electrons. The fourth-order valence-electron chi connectivity index (χ4n) is 1.52. The molecule has 0 fully saturated rings. The number of halogens is 1. The van der Waals surface area contributed by atoms with Gasteiger partial charge in [0.2, 0.25) is 0 Å². The van der Waals surface area contributed by atoms with E-state index in [0.29, 0.717) is 11.1 Å². The maximum Gasteiger partial charge on any atom is 0.315 e. The van der Waals surface area contributed by atoms with Crippen LogP contribution in [-0.4, -0.2) is 24.1 Å². The second-order valence-corrected chi connectivity index (χ2v) is 5.01. The standard InChI is InChI=1S/C13H16FN3OS/c1-9(8-19-2)17-13(18)16-7-11-5-10(6-15)3-4-12(11)14/h3-5,9H,7-8H2,1-2H3,(H2,16,17,18)/t9-/m0/s1. The summed E-state index contributed by atoms with van der Waals surface area (Å²) in [5.41, 5.74) is 0.668. The van der Waals surface area contributed by atoms with Gasteiger partial charge in [0.15, 0.2) is 0 Å². The van der Waals surface area contributed by atoms with Crippen LogP contribution in [0.5, 0.6) is 0 Å². The minimum Gasteiger partial charge on any atom is -0.335 e. The maximum atomic E-state index is 13.5. The summed E-state index contributed by atoms with van der Waals surface area (Å²) in [5.74, 6) is 0.377. The largest absolute Gasteiger partial charge is 0.335 e. The number of hydrogen-bond donors (Lipinski definition) is 2. The van der Waals surface area contributed by atoms with Gasteiger partial charge in [-0.2, -0.15) is 17.0 Å². The lowest BCUT2D eigenvalue weighted by Crippen LogP contribution is -2.41. The van der Waals surface area contributed by atoms with Crippen LogP contribution in [-0.2, 0) is 6.54 Å². The normalized spacial score (nSPS) is 11.5. The molecule has 2 N–H and O–H groups in total. The Bertz CT molecular complexity index is 487. The van der Waals surface area contributed by atoms with Gasteiger partial charge in [-0.1, -0.05) is 0 Å². The minimum absolute atomic E-state index is 0.0466. The van der Waals surface area contributed by atoms with E-state index in [9.17, 15) is 9.18 Å². The molecule has 1 rings (SSSR count). The summed E-state index contributed by atoms with van der Waals surface area (Å²) in [7, 11) is 0. The van der Waals surface area contributed by atoms with Gasteiger partial charge < -0.3 is 10.6 Å². The van der Waals surface area contributed by atoms with Crippen molar-refractivity contribution < 1.29 is 9.18 Å². The summed E-state index contributed by atoms with van der Waals surface area (Å²) in [6.07, 6.45) is 1.96. The third kappa shape index (κ3) is 5.18. The molecule has 0 aromatic heterocycles. The molecular weight excluding hydrogens is 265 g/mol. The molecule has 4 nitrogen and oxygen atoms in total. The number of carbonyl (C=O) groups excluding carboxylic acids is 1. The number of nitriles is 1. The Morgan fingerprint density at radius 2 is 2.32 bits per heavy atom. The summed E-state index contributed by atoms with van der Waals surface area (Å²) in [5, 5.41) is 14.0. The van der Waals surface area contributed by atoms with Crippen molar-refractivity contribution in [3.8, 4) is 6.07 Å². The van der Waals surface area contributed by atoms with Crippen LogP contribution in [0.2, 0.25) is 0 Å². The Morgan fingerprint density at radius 1 is 1.58 bits per heavy atom. The Hall–Kier alpha value is -1.74. The van der Waals surface area contributed by atoms with E-state index in [1.54, 1.807) is 11.8 Å². The van der Waals surface area contributed by atoms with Gasteiger partial charge in [0.25, 0.3) is 0 Å². The Balaban J connectivity index is 2.53. The zero-order valence-electron chi connectivity index (χ0n) is 10.9. The predicted octanol–water partition coefficient (Wildman–Crippen LogP) is 2.25. The van der Waals surface area contributed by atoms with Crippen molar-refractivity contribution in [3.63, 3.8) is 0 Å². The van der Waals surface area contributed by atoms with Crippen LogP contribution >= 0.6 is 11.8 Å². The first-order valence-electron chi connectivity index (χ1n) is 5.78. The first-order valence-corrected chi connectivity index (χ1v) is 7.18. The van der Waals surface area contributed by atoms with Gasteiger partial charge in [0, 0.05) is 23.9 Å². The molecule has 0 saturated carbocycles. The summed E-state index contributed by atoms with van der Waals surface area (Å²) in [6.45, 7) is 1.95. The third-order valence-corrected chi connectivity index (χ3v) is 3.24. The predicted molar refractivity (Wildman–Crippen MR) is 74.3 cm³/mol. The molecule has 0 aliphatic heterocycles. The smallest absolute Gasteiger partial charge is 0.315 e. The van der Waals surface area contributed by atoms with E-state index in [-0.39, 0.29) is 18.6 Å². The Labute approximate surface area is 116 Å². The van der Waals surface area contributed by atoms with Crippen molar-refractivity contribution in [1.29, 1.82) is 5.26 Å². The van der Waals surface area contributed by atoms with Gasteiger partial charge in [-0.25, -0.2) is 9.18 Å². The van der Waals surface area contributed by atoms with Gasteiger partial charge in [-0.05, 0) is 31.4 Å². The number of thioether (sulfide) groups is 1. The first-order chi connectivity index (χ1) is 9.06. The quantitative estimate of drug-likeness (QED) is 0.870. The highest BCUT2D eigenvalue weighted by Crippen LogP contribution is 2.09. The molecule has 2 amide bonds. The van der Waals surface area contributed by atoms with Gasteiger partial charge >= 0.3 is 6.03 Å². The molecule has 0 bridgehead atoms. The maximum absolute atomic E-state index is 13.5. The van der Waals surface area contributed by atoms with Gasteiger partial charge in [0.05, 0.1) is 11.6 Å². The van der Waals surface area contributed by atoms with E-state index in [4.69, 9.17) is 5.26 Å².